The highest BCUT2D eigenvalue weighted by Crippen LogP contribution is 2.24. The summed E-state index contributed by atoms with van der Waals surface area (Å²) in [4.78, 5) is 25.3. The van der Waals surface area contributed by atoms with Crippen LogP contribution in [0.15, 0.2) is 90.6 Å². The van der Waals surface area contributed by atoms with Crippen molar-refractivity contribution in [2.75, 3.05) is 17.7 Å². The second-order valence-electron chi connectivity index (χ2n) is 7.50. The quantitative estimate of drug-likeness (QED) is 0.311. The Morgan fingerprint density at radius 2 is 1.62 bits per heavy atom. The van der Waals surface area contributed by atoms with Crippen LogP contribution in [0, 0.1) is 11.3 Å². The predicted molar refractivity (Wildman–Crippen MR) is 132 cm³/mol. The van der Waals surface area contributed by atoms with Gasteiger partial charge < -0.3 is 19.9 Å². The van der Waals surface area contributed by atoms with Crippen LogP contribution in [0.1, 0.15) is 5.56 Å². The van der Waals surface area contributed by atoms with E-state index in [1.807, 2.05) is 60.7 Å². The molecule has 0 radical (unpaired) electrons. The third kappa shape index (κ3) is 5.14. The number of carbonyl (C=O) groups is 2. The molecule has 0 bridgehead atoms. The van der Waals surface area contributed by atoms with E-state index in [9.17, 15) is 14.9 Å². The van der Waals surface area contributed by atoms with Gasteiger partial charge in [0.2, 0.25) is 5.91 Å². The molecule has 0 aliphatic carbocycles. The molecule has 0 fully saturated rings. The van der Waals surface area contributed by atoms with Crippen LogP contribution in [0.5, 0.6) is 5.75 Å². The number of hydrogen-bond acceptors (Lipinski definition) is 4. The minimum Gasteiger partial charge on any atom is -0.497 e. The number of carbonyl (C=O) groups excluding carboxylic acids is 2. The van der Waals surface area contributed by atoms with Crippen molar-refractivity contribution in [1.29, 1.82) is 5.26 Å². The highest BCUT2D eigenvalue weighted by Gasteiger charge is 2.14. The van der Waals surface area contributed by atoms with Crippen molar-refractivity contribution in [2.24, 2.45) is 0 Å². The van der Waals surface area contributed by atoms with E-state index in [1.54, 1.807) is 42.1 Å². The third-order valence-electron chi connectivity index (χ3n) is 5.20. The fourth-order valence-corrected chi connectivity index (χ4v) is 3.57. The average molecular weight is 450 g/mol. The molecular formula is C27H22N4O3. The Balaban J connectivity index is 1.58. The van der Waals surface area contributed by atoms with Crippen molar-refractivity contribution in [3.05, 3.63) is 96.2 Å². The van der Waals surface area contributed by atoms with Gasteiger partial charge in [-0.15, -0.1) is 0 Å². The van der Waals surface area contributed by atoms with Gasteiger partial charge in [-0.05, 0) is 48.5 Å². The zero-order chi connectivity index (χ0) is 23.9. The summed E-state index contributed by atoms with van der Waals surface area (Å²) in [6.45, 7) is 0.0865. The summed E-state index contributed by atoms with van der Waals surface area (Å²) in [5.41, 5.74) is 2.71. The number of nitrogens with zero attached hydrogens (tertiary/aromatic N) is 2. The van der Waals surface area contributed by atoms with Gasteiger partial charge in [-0.2, -0.15) is 5.26 Å². The zero-order valence-corrected chi connectivity index (χ0v) is 18.5. The Kier molecular flexibility index (Phi) is 6.70. The maximum absolute atomic E-state index is 12.7. The van der Waals surface area contributed by atoms with Crippen LogP contribution < -0.4 is 15.4 Å². The second-order valence-corrected chi connectivity index (χ2v) is 7.50. The minimum atomic E-state index is -0.522. The van der Waals surface area contributed by atoms with Gasteiger partial charge in [0.05, 0.1) is 7.11 Å². The fraction of sp³-hybridized carbons (Fsp3) is 0.0741. The molecule has 0 atom stereocenters. The zero-order valence-electron chi connectivity index (χ0n) is 18.5. The third-order valence-corrected chi connectivity index (χ3v) is 5.20. The smallest absolute Gasteiger partial charge is 0.266 e. The van der Waals surface area contributed by atoms with Gasteiger partial charge in [0.25, 0.3) is 5.91 Å². The molecule has 0 aliphatic rings. The van der Waals surface area contributed by atoms with Crippen molar-refractivity contribution in [1.82, 2.24) is 4.57 Å². The van der Waals surface area contributed by atoms with Crippen LogP contribution in [0.4, 0.5) is 11.4 Å². The highest BCUT2D eigenvalue weighted by atomic mass is 16.5. The van der Waals surface area contributed by atoms with Gasteiger partial charge >= 0.3 is 0 Å². The second kappa shape index (κ2) is 10.2. The molecule has 0 unspecified atom stereocenters. The first-order valence-corrected chi connectivity index (χ1v) is 10.6. The summed E-state index contributed by atoms with van der Waals surface area (Å²) < 4.78 is 6.92. The van der Waals surface area contributed by atoms with E-state index in [4.69, 9.17) is 4.74 Å². The van der Waals surface area contributed by atoms with Gasteiger partial charge in [-0.1, -0.05) is 36.4 Å². The lowest BCUT2D eigenvalue weighted by molar-refractivity contribution is -0.116. The molecule has 7 nitrogen and oxygen atoms in total. The van der Waals surface area contributed by atoms with Crippen LogP contribution in [0.25, 0.3) is 17.0 Å². The van der Waals surface area contributed by atoms with Crippen LogP contribution in [0.3, 0.4) is 0 Å². The van der Waals surface area contributed by atoms with Gasteiger partial charge in [0.15, 0.2) is 0 Å². The van der Waals surface area contributed by atoms with Gasteiger partial charge in [-0.3, -0.25) is 9.59 Å². The van der Waals surface area contributed by atoms with Crippen molar-refractivity contribution in [3.63, 3.8) is 0 Å². The number of methoxy groups -OCH3 is 1. The number of anilines is 2. The highest BCUT2D eigenvalue weighted by molar-refractivity contribution is 6.10. The topological polar surface area (TPSA) is 96.2 Å². The standard InChI is InChI=1S/C27H22N4O3/c1-34-23-13-11-22(12-14-23)30-27(33)19(16-28)15-20-17-31(25-10-6-5-9-24(20)25)18-26(32)29-21-7-3-2-4-8-21/h2-15,17H,18H2,1H3,(H,29,32)(H,30,33). The molecule has 34 heavy (non-hydrogen) atoms. The van der Waals surface area contributed by atoms with E-state index >= 15 is 0 Å². The Bertz CT molecular complexity index is 1400. The number of para-hydroxylation sites is 2. The first-order chi connectivity index (χ1) is 16.6. The molecule has 0 saturated heterocycles. The van der Waals surface area contributed by atoms with E-state index in [0.717, 1.165) is 10.9 Å². The molecule has 4 aromatic rings. The van der Waals surface area contributed by atoms with Gasteiger partial charge in [0.1, 0.15) is 23.9 Å². The average Bonchev–Trinajstić information content (AvgIpc) is 3.20. The monoisotopic (exact) mass is 450 g/mol. The first kappa shape index (κ1) is 22.4. The van der Waals surface area contributed by atoms with E-state index < -0.39 is 5.91 Å². The molecular weight excluding hydrogens is 428 g/mol. The predicted octanol–water partition coefficient (Wildman–Crippen LogP) is 4.83. The van der Waals surface area contributed by atoms with Crippen molar-refractivity contribution in [2.45, 2.75) is 6.54 Å². The maximum atomic E-state index is 12.7. The molecule has 2 amide bonds. The lowest BCUT2D eigenvalue weighted by Gasteiger charge is -2.07. The molecule has 3 aromatic carbocycles. The number of nitrogens with one attached hydrogen (secondary N) is 2. The molecule has 1 heterocycles. The van der Waals surface area contributed by atoms with Gasteiger partial charge in [0, 0.05) is 34.0 Å². The fourth-order valence-electron chi connectivity index (χ4n) is 3.57. The largest absolute Gasteiger partial charge is 0.497 e. The first-order valence-electron chi connectivity index (χ1n) is 10.6. The molecule has 4 rings (SSSR count). The van der Waals surface area contributed by atoms with Crippen molar-refractivity contribution < 1.29 is 14.3 Å². The Morgan fingerprint density at radius 1 is 0.941 bits per heavy atom. The Morgan fingerprint density at radius 3 is 2.32 bits per heavy atom. The van der Waals surface area contributed by atoms with E-state index in [1.165, 1.54) is 6.08 Å². The number of benzene rings is 3. The summed E-state index contributed by atoms with van der Waals surface area (Å²) in [5.74, 6) is -0.0373. The van der Waals surface area contributed by atoms with Crippen LogP contribution in [0.2, 0.25) is 0 Å². The molecule has 0 aliphatic heterocycles. The van der Waals surface area contributed by atoms with Gasteiger partial charge in [-0.25, -0.2) is 0 Å². The lowest BCUT2D eigenvalue weighted by Crippen LogP contribution is -2.18. The van der Waals surface area contributed by atoms with Crippen molar-refractivity contribution in [3.8, 4) is 11.8 Å². The van der Waals surface area contributed by atoms with E-state index in [2.05, 4.69) is 10.6 Å². The van der Waals surface area contributed by atoms with Crippen LogP contribution in [-0.4, -0.2) is 23.5 Å². The Hall–Kier alpha value is -4.83. The van der Waals surface area contributed by atoms with Crippen LogP contribution >= 0.6 is 0 Å². The minimum absolute atomic E-state index is 0.0486. The summed E-state index contributed by atoms with van der Waals surface area (Å²) >= 11 is 0. The lowest BCUT2D eigenvalue weighted by atomic mass is 10.1. The molecule has 0 saturated carbocycles. The molecule has 2 N–H and O–H groups in total. The summed E-state index contributed by atoms with van der Waals surface area (Å²) in [7, 11) is 1.56. The number of aromatic nitrogens is 1. The maximum Gasteiger partial charge on any atom is 0.266 e. The molecule has 7 heteroatoms. The summed E-state index contributed by atoms with van der Waals surface area (Å²) in [5, 5.41) is 16.1. The molecule has 0 spiro atoms. The number of fused-ring (bicyclic) bond motifs is 1. The number of ether oxygens (including phenoxy) is 1. The number of amides is 2. The number of rotatable bonds is 7. The molecule has 168 valence electrons. The van der Waals surface area contributed by atoms with E-state index in [-0.39, 0.29) is 18.0 Å². The molecule has 1 aromatic heterocycles. The Labute approximate surface area is 196 Å². The normalized spacial score (nSPS) is 11.0. The van der Waals surface area contributed by atoms with E-state index in [0.29, 0.717) is 22.7 Å². The van der Waals surface area contributed by atoms with Crippen LogP contribution in [-0.2, 0) is 16.1 Å². The summed E-state index contributed by atoms with van der Waals surface area (Å²) in [6, 6.07) is 25.6. The van der Waals surface area contributed by atoms with Crippen molar-refractivity contribution >= 4 is 40.2 Å². The number of hydrogen-bond donors (Lipinski definition) is 2. The SMILES string of the molecule is COc1ccc(NC(=O)C(C#N)=Cc2cn(CC(=O)Nc3ccccc3)c3ccccc23)cc1. The summed E-state index contributed by atoms with van der Waals surface area (Å²) in [6.07, 6.45) is 3.31. The number of nitriles is 1.